The molecule has 2 aliphatic heterocycles. The van der Waals surface area contributed by atoms with Crippen molar-refractivity contribution in [2.75, 3.05) is 19.7 Å². The van der Waals surface area contributed by atoms with Gasteiger partial charge in [-0.15, -0.1) is 0 Å². The highest BCUT2D eigenvalue weighted by molar-refractivity contribution is 6.30. The van der Waals surface area contributed by atoms with Crippen LogP contribution in [-0.4, -0.2) is 30.6 Å². The van der Waals surface area contributed by atoms with Crippen molar-refractivity contribution in [3.8, 4) is 5.75 Å². The molecule has 0 unspecified atom stereocenters. The molecule has 2 saturated heterocycles. The minimum Gasteiger partial charge on any atom is -0.490 e. The Morgan fingerprint density at radius 1 is 1.20 bits per heavy atom. The van der Waals surface area contributed by atoms with Gasteiger partial charge in [0.05, 0.1) is 6.61 Å². The molecule has 0 N–H and O–H groups in total. The van der Waals surface area contributed by atoms with E-state index in [-0.39, 0.29) is 5.82 Å². The van der Waals surface area contributed by atoms with Crippen LogP contribution >= 0.6 is 11.6 Å². The molecular weight excluding hydrogens is 277 g/mol. The maximum absolute atomic E-state index is 13.7. The van der Waals surface area contributed by atoms with Gasteiger partial charge in [0.2, 0.25) is 0 Å². The minimum atomic E-state index is -0.367. The van der Waals surface area contributed by atoms with E-state index in [9.17, 15) is 4.39 Å². The molecule has 4 heteroatoms. The molecule has 2 heterocycles. The number of ether oxygens (including phenoxy) is 1. The number of halogens is 2. The van der Waals surface area contributed by atoms with Gasteiger partial charge in [-0.2, -0.15) is 0 Å². The Hall–Kier alpha value is -0.800. The van der Waals surface area contributed by atoms with Gasteiger partial charge in [-0.1, -0.05) is 18.0 Å². The van der Waals surface area contributed by atoms with Gasteiger partial charge in [-0.05, 0) is 57.0 Å². The molecule has 0 saturated carbocycles. The number of nitrogens with zero attached hydrogens (tertiary/aromatic N) is 1. The highest BCUT2D eigenvalue weighted by Crippen LogP contribution is 2.31. The molecule has 20 heavy (non-hydrogen) atoms. The van der Waals surface area contributed by atoms with E-state index in [4.69, 9.17) is 16.3 Å². The van der Waals surface area contributed by atoms with Crippen LogP contribution in [-0.2, 0) is 0 Å². The SMILES string of the molecule is Fc1cc(Cl)ccc1OC[C@@H]1CCCN2CCCC[C@H]12. The molecule has 2 fully saturated rings. The second-order valence-corrected chi connectivity index (χ2v) is 6.32. The van der Waals surface area contributed by atoms with Crippen molar-refractivity contribution < 1.29 is 9.13 Å². The van der Waals surface area contributed by atoms with Crippen molar-refractivity contribution in [1.29, 1.82) is 0 Å². The summed E-state index contributed by atoms with van der Waals surface area (Å²) in [6.45, 7) is 3.05. The summed E-state index contributed by atoms with van der Waals surface area (Å²) < 4.78 is 19.4. The monoisotopic (exact) mass is 297 g/mol. The smallest absolute Gasteiger partial charge is 0.166 e. The predicted octanol–water partition coefficient (Wildman–Crippen LogP) is 4.12. The number of fused-ring (bicyclic) bond motifs is 1. The topological polar surface area (TPSA) is 12.5 Å². The molecule has 0 spiro atoms. The fourth-order valence-electron chi connectivity index (χ4n) is 3.56. The van der Waals surface area contributed by atoms with E-state index < -0.39 is 0 Å². The largest absolute Gasteiger partial charge is 0.490 e. The number of piperidine rings is 2. The third kappa shape index (κ3) is 3.09. The Kier molecular flexibility index (Phi) is 4.47. The lowest BCUT2D eigenvalue weighted by Crippen LogP contribution is -2.49. The van der Waals surface area contributed by atoms with E-state index in [0.29, 0.717) is 29.3 Å². The van der Waals surface area contributed by atoms with Crippen LogP contribution in [0.1, 0.15) is 32.1 Å². The first-order chi connectivity index (χ1) is 9.74. The summed E-state index contributed by atoms with van der Waals surface area (Å²) in [7, 11) is 0. The van der Waals surface area contributed by atoms with Crippen molar-refractivity contribution in [2.24, 2.45) is 5.92 Å². The molecule has 0 aliphatic carbocycles. The lowest BCUT2D eigenvalue weighted by atomic mass is 9.84. The van der Waals surface area contributed by atoms with Crippen molar-refractivity contribution in [3.63, 3.8) is 0 Å². The summed E-state index contributed by atoms with van der Waals surface area (Å²) in [6.07, 6.45) is 6.31. The third-order valence-electron chi connectivity index (χ3n) is 4.58. The summed E-state index contributed by atoms with van der Waals surface area (Å²) in [5, 5.41) is 0.408. The van der Waals surface area contributed by atoms with Crippen molar-refractivity contribution in [3.05, 3.63) is 29.0 Å². The van der Waals surface area contributed by atoms with Crippen LogP contribution in [0, 0.1) is 11.7 Å². The average Bonchev–Trinajstić information content (AvgIpc) is 2.46. The summed E-state index contributed by atoms with van der Waals surface area (Å²) in [5.74, 6) is 0.482. The maximum atomic E-state index is 13.7. The van der Waals surface area contributed by atoms with Crippen LogP contribution in [0.5, 0.6) is 5.75 Å². The number of rotatable bonds is 3. The van der Waals surface area contributed by atoms with E-state index in [2.05, 4.69) is 4.90 Å². The van der Waals surface area contributed by atoms with Gasteiger partial charge in [0.25, 0.3) is 0 Å². The maximum Gasteiger partial charge on any atom is 0.166 e. The first-order valence-corrected chi connectivity index (χ1v) is 7.94. The Morgan fingerprint density at radius 2 is 2.05 bits per heavy atom. The molecule has 0 radical (unpaired) electrons. The average molecular weight is 298 g/mol. The lowest BCUT2D eigenvalue weighted by Gasteiger charge is -2.44. The van der Waals surface area contributed by atoms with Gasteiger partial charge in [0.15, 0.2) is 11.6 Å². The number of hydrogen-bond donors (Lipinski definition) is 0. The molecule has 110 valence electrons. The Labute approximate surface area is 124 Å². The van der Waals surface area contributed by atoms with Crippen LogP contribution < -0.4 is 4.74 Å². The zero-order valence-corrected chi connectivity index (χ0v) is 12.4. The van der Waals surface area contributed by atoms with Gasteiger partial charge < -0.3 is 4.74 Å². The molecule has 0 aromatic heterocycles. The molecule has 0 bridgehead atoms. The molecule has 1 aromatic rings. The first-order valence-electron chi connectivity index (χ1n) is 7.56. The molecule has 3 rings (SSSR count). The molecular formula is C16H21ClFNO. The van der Waals surface area contributed by atoms with E-state index in [0.717, 1.165) is 0 Å². The predicted molar refractivity (Wildman–Crippen MR) is 78.8 cm³/mol. The van der Waals surface area contributed by atoms with Crippen molar-refractivity contribution in [2.45, 2.75) is 38.1 Å². The third-order valence-corrected chi connectivity index (χ3v) is 4.81. The van der Waals surface area contributed by atoms with E-state index in [1.165, 1.54) is 51.3 Å². The highest BCUT2D eigenvalue weighted by atomic mass is 35.5. The fraction of sp³-hybridized carbons (Fsp3) is 0.625. The quantitative estimate of drug-likeness (QED) is 0.832. The van der Waals surface area contributed by atoms with Gasteiger partial charge in [0.1, 0.15) is 0 Å². The Morgan fingerprint density at radius 3 is 2.90 bits per heavy atom. The van der Waals surface area contributed by atoms with Gasteiger partial charge in [-0.3, -0.25) is 4.90 Å². The van der Waals surface area contributed by atoms with Gasteiger partial charge in [0, 0.05) is 17.0 Å². The van der Waals surface area contributed by atoms with Crippen LogP contribution in [0.15, 0.2) is 18.2 Å². The normalized spacial score (nSPS) is 27.1. The second kappa shape index (κ2) is 6.31. The van der Waals surface area contributed by atoms with Crippen LogP contribution in [0.4, 0.5) is 4.39 Å². The molecule has 2 aliphatic rings. The zero-order valence-electron chi connectivity index (χ0n) is 11.7. The Bertz CT molecular complexity index is 466. The van der Waals surface area contributed by atoms with Crippen LogP contribution in [0.2, 0.25) is 5.02 Å². The summed E-state index contributed by atoms with van der Waals surface area (Å²) in [4.78, 5) is 2.60. The summed E-state index contributed by atoms with van der Waals surface area (Å²) in [6, 6.07) is 5.24. The van der Waals surface area contributed by atoms with Crippen molar-refractivity contribution >= 4 is 11.6 Å². The van der Waals surface area contributed by atoms with Gasteiger partial charge in [-0.25, -0.2) is 4.39 Å². The minimum absolute atomic E-state index is 0.322. The fourth-order valence-corrected chi connectivity index (χ4v) is 3.72. The number of hydrogen-bond acceptors (Lipinski definition) is 2. The van der Waals surface area contributed by atoms with Gasteiger partial charge >= 0.3 is 0 Å². The van der Waals surface area contributed by atoms with Crippen LogP contribution in [0.25, 0.3) is 0 Å². The molecule has 0 amide bonds. The van der Waals surface area contributed by atoms with Crippen molar-refractivity contribution in [1.82, 2.24) is 4.90 Å². The Balaban J connectivity index is 1.62. The highest BCUT2D eigenvalue weighted by Gasteiger charge is 2.33. The molecule has 1 aromatic carbocycles. The zero-order chi connectivity index (χ0) is 13.9. The summed E-state index contributed by atoms with van der Waals surface area (Å²) in [5.41, 5.74) is 0. The van der Waals surface area contributed by atoms with E-state index >= 15 is 0 Å². The summed E-state index contributed by atoms with van der Waals surface area (Å²) >= 11 is 5.75. The standard InChI is InChI=1S/C16H21ClFNO/c17-13-6-7-16(14(18)10-13)20-11-12-4-3-9-19-8-2-1-5-15(12)19/h6-7,10,12,15H,1-5,8-9,11H2/t12-,15+/m0/s1. The van der Waals surface area contributed by atoms with E-state index in [1.54, 1.807) is 12.1 Å². The number of benzene rings is 1. The molecule has 2 atom stereocenters. The van der Waals surface area contributed by atoms with E-state index in [1.807, 2.05) is 0 Å². The second-order valence-electron chi connectivity index (χ2n) is 5.89. The first kappa shape index (κ1) is 14.2. The van der Waals surface area contributed by atoms with Crippen LogP contribution in [0.3, 0.4) is 0 Å². The molecule has 2 nitrogen and oxygen atoms in total. The lowest BCUT2D eigenvalue weighted by molar-refractivity contribution is 0.0358.